The Balaban J connectivity index is 1.01. The lowest BCUT2D eigenvalue weighted by atomic mass is 9.67. The molecule has 1 N–H and O–H groups in total. The van der Waals surface area contributed by atoms with Crippen LogP contribution < -0.4 is 0 Å². The molecule has 42 heavy (non-hydrogen) atoms. The van der Waals surface area contributed by atoms with Gasteiger partial charge in [0, 0.05) is 43.9 Å². The number of likely N-dealkylation sites (tertiary alicyclic amines) is 2. The Hall–Kier alpha value is -2.39. The van der Waals surface area contributed by atoms with E-state index in [1.54, 1.807) is 0 Å². The molecule has 2 amide bonds. The molecule has 5 fully saturated rings. The van der Waals surface area contributed by atoms with E-state index >= 15 is 0 Å². The van der Waals surface area contributed by atoms with Gasteiger partial charge in [-0.2, -0.15) is 13.2 Å². The predicted octanol–water partition coefficient (Wildman–Crippen LogP) is 5.51. The first-order chi connectivity index (χ1) is 20.1. The number of fused-ring (bicyclic) bond motifs is 6. The zero-order valence-electron chi connectivity index (χ0n) is 24.3. The van der Waals surface area contributed by atoms with Gasteiger partial charge in [0.25, 0.3) is 0 Å². The standard InChI is InChI=1S/C33H42F3N3O3/c1-19(40)27-24-16-25(30(27)33(34,35)36)29-28(24)31(41)39(32(29)42)18-22-8-3-2-7-21(22)17-37-13-11-23(12-14-37)38-15-10-20-6-4-5-9-26(20)38/h4-6,9-10,15,19,21-25,27-30,40H,2-3,7-8,11-14,16-18H2,1H3/t19?,21-,22-,24?,25?,27?,28?,29?,30?/m0/s1. The molecule has 2 saturated heterocycles. The third kappa shape index (κ3) is 4.61. The molecule has 228 valence electrons. The molecule has 9 atom stereocenters. The Morgan fingerprint density at radius 1 is 0.905 bits per heavy atom. The number of nitrogens with zero attached hydrogens (tertiary/aromatic N) is 3. The Kier molecular flexibility index (Phi) is 7.20. The number of aromatic nitrogens is 1. The molecule has 1 aromatic heterocycles. The van der Waals surface area contributed by atoms with Crippen LogP contribution in [0, 0.1) is 47.3 Å². The number of halogens is 3. The number of alkyl halides is 3. The molecule has 5 aliphatic rings. The number of hydrogen-bond donors (Lipinski definition) is 1. The van der Waals surface area contributed by atoms with E-state index in [-0.39, 0.29) is 24.2 Å². The number of imide groups is 1. The van der Waals surface area contributed by atoms with Crippen LogP contribution >= 0.6 is 0 Å². The first-order valence-electron chi connectivity index (χ1n) is 16.0. The van der Waals surface area contributed by atoms with E-state index in [4.69, 9.17) is 0 Å². The number of rotatable bonds is 6. The summed E-state index contributed by atoms with van der Waals surface area (Å²) in [4.78, 5) is 31.1. The fourth-order valence-corrected chi connectivity index (χ4v) is 10.0. The zero-order valence-corrected chi connectivity index (χ0v) is 24.3. The monoisotopic (exact) mass is 585 g/mol. The molecule has 2 bridgehead atoms. The van der Waals surface area contributed by atoms with Crippen LogP contribution in [-0.4, -0.2) is 69.7 Å². The molecule has 6 nitrogen and oxygen atoms in total. The molecule has 3 heterocycles. The van der Waals surface area contributed by atoms with E-state index in [1.165, 1.54) is 22.7 Å². The first kappa shape index (κ1) is 28.4. The highest BCUT2D eigenvalue weighted by atomic mass is 19.4. The lowest BCUT2D eigenvalue weighted by molar-refractivity contribution is -0.217. The first-order valence-corrected chi connectivity index (χ1v) is 16.0. The summed E-state index contributed by atoms with van der Waals surface area (Å²) in [6.45, 7) is 4.69. The highest BCUT2D eigenvalue weighted by Crippen LogP contribution is 2.65. The van der Waals surface area contributed by atoms with Gasteiger partial charge in [0.1, 0.15) is 0 Å². The molecule has 3 saturated carbocycles. The highest BCUT2D eigenvalue weighted by Gasteiger charge is 2.72. The van der Waals surface area contributed by atoms with Gasteiger partial charge < -0.3 is 14.6 Å². The zero-order chi connectivity index (χ0) is 29.3. The van der Waals surface area contributed by atoms with Gasteiger partial charge in [-0.3, -0.25) is 14.5 Å². The molecule has 7 rings (SSSR count). The van der Waals surface area contributed by atoms with E-state index in [9.17, 15) is 27.9 Å². The number of aliphatic hydroxyl groups is 1. The van der Waals surface area contributed by atoms with Gasteiger partial charge in [-0.15, -0.1) is 0 Å². The maximum absolute atomic E-state index is 14.1. The highest BCUT2D eigenvalue weighted by molar-refractivity contribution is 6.06. The van der Waals surface area contributed by atoms with Crippen molar-refractivity contribution in [3.05, 3.63) is 36.5 Å². The van der Waals surface area contributed by atoms with Crippen LogP contribution in [0.15, 0.2) is 36.5 Å². The SMILES string of the molecule is CC(O)C1C2CC(C3C(=O)N(C[C@@H]4CCCC[C@H]4CN4CCC(n5ccc6ccccc65)CC4)C(=O)C23)C1C(F)(F)F. The second-order valence-corrected chi connectivity index (χ2v) is 13.9. The molecule has 2 aliphatic heterocycles. The number of carbonyl (C=O) groups excluding carboxylic acids is 2. The molecule has 0 spiro atoms. The van der Waals surface area contributed by atoms with Crippen LogP contribution in [0.3, 0.4) is 0 Å². The summed E-state index contributed by atoms with van der Waals surface area (Å²) in [5.41, 5.74) is 1.28. The number of benzene rings is 1. The molecular weight excluding hydrogens is 543 g/mol. The molecular formula is C33H42F3N3O3. The summed E-state index contributed by atoms with van der Waals surface area (Å²) < 4.78 is 44.7. The third-order valence-corrected chi connectivity index (χ3v) is 11.8. The fraction of sp³-hybridized carbons (Fsp3) is 0.697. The summed E-state index contributed by atoms with van der Waals surface area (Å²) in [5.74, 6) is -5.91. The average Bonchev–Trinajstić information content (AvgIpc) is 3.72. The molecule has 9 heteroatoms. The Morgan fingerprint density at radius 3 is 2.21 bits per heavy atom. The van der Waals surface area contributed by atoms with E-state index in [0.717, 1.165) is 58.2 Å². The average molecular weight is 586 g/mol. The molecule has 0 radical (unpaired) electrons. The number of carbonyl (C=O) groups is 2. The molecule has 1 aromatic carbocycles. The topological polar surface area (TPSA) is 65.8 Å². The predicted molar refractivity (Wildman–Crippen MR) is 152 cm³/mol. The van der Waals surface area contributed by atoms with Crippen LogP contribution in [-0.2, 0) is 9.59 Å². The normalized spacial score (nSPS) is 36.7. The Labute approximate surface area is 245 Å². The number of amides is 2. The quantitative estimate of drug-likeness (QED) is 0.454. The van der Waals surface area contributed by atoms with Gasteiger partial charge in [0.05, 0.1) is 23.9 Å². The summed E-state index contributed by atoms with van der Waals surface area (Å²) >= 11 is 0. The smallest absolute Gasteiger partial charge is 0.392 e. The van der Waals surface area contributed by atoms with Gasteiger partial charge in [-0.1, -0.05) is 31.0 Å². The van der Waals surface area contributed by atoms with Crippen LogP contribution in [0.25, 0.3) is 10.9 Å². The van der Waals surface area contributed by atoms with Crippen molar-refractivity contribution >= 4 is 22.7 Å². The lowest BCUT2D eigenvalue weighted by Gasteiger charge is -2.40. The third-order valence-electron chi connectivity index (χ3n) is 11.8. The van der Waals surface area contributed by atoms with Gasteiger partial charge in [0.2, 0.25) is 11.8 Å². The molecule has 3 aliphatic carbocycles. The van der Waals surface area contributed by atoms with Crippen molar-refractivity contribution in [1.82, 2.24) is 14.4 Å². The van der Waals surface area contributed by atoms with Crippen molar-refractivity contribution in [3.63, 3.8) is 0 Å². The van der Waals surface area contributed by atoms with Crippen LogP contribution in [0.1, 0.15) is 57.9 Å². The van der Waals surface area contributed by atoms with Crippen LogP contribution in [0.2, 0.25) is 0 Å². The minimum atomic E-state index is -4.49. The van der Waals surface area contributed by atoms with Crippen molar-refractivity contribution in [1.29, 1.82) is 0 Å². The second-order valence-electron chi connectivity index (χ2n) is 13.9. The summed E-state index contributed by atoms with van der Waals surface area (Å²) in [6.07, 6.45) is 3.11. The van der Waals surface area contributed by atoms with E-state index in [0.29, 0.717) is 18.5 Å². The molecule has 7 unspecified atom stereocenters. The van der Waals surface area contributed by atoms with Crippen LogP contribution in [0.5, 0.6) is 0 Å². The minimum absolute atomic E-state index is 0.181. The molecule has 2 aromatic rings. The maximum Gasteiger partial charge on any atom is 0.392 e. The second kappa shape index (κ2) is 10.7. The van der Waals surface area contributed by atoms with Gasteiger partial charge >= 0.3 is 6.18 Å². The van der Waals surface area contributed by atoms with E-state index in [2.05, 4.69) is 46.0 Å². The Morgan fingerprint density at radius 2 is 1.55 bits per heavy atom. The van der Waals surface area contributed by atoms with Gasteiger partial charge in [-0.25, -0.2) is 0 Å². The summed E-state index contributed by atoms with van der Waals surface area (Å²) in [7, 11) is 0. The largest absolute Gasteiger partial charge is 0.393 e. The number of hydrogen-bond acceptors (Lipinski definition) is 4. The Bertz CT molecular complexity index is 1330. The van der Waals surface area contributed by atoms with E-state index < -0.39 is 47.8 Å². The van der Waals surface area contributed by atoms with Gasteiger partial charge in [-0.05, 0) is 86.1 Å². The van der Waals surface area contributed by atoms with Crippen molar-refractivity contribution in [2.75, 3.05) is 26.2 Å². The number of para-hydroxylation sites is 1. The lowest BCUT2D eigenvalue weighted by Crippen LogP contribution is -2.46. The van der Waals surface area contributed by atoms with Crippen molar-refractivity contribution in [2.45, 2.75) is 70.2 Å². The summed E-state index contributed by atoms with van der Waals surface area (Å²) in [6, 6.07) is 11.2. The van der Waals surface area contributed by atoms with Crippen molar-refractivity contribution in [3.8, 4) is 0 Å². The van der Waals surface area contributed by atoms with E-state index in [1.807, 2.05) is 0 Å². The fourth-order valence-electron chi connectivity index (χ4n) is 10.0. The maximum atomic E-state index is 14.1. The van der Waals surface area contributed by atoms with Gasteiger partial charge in [0.15, 0.2) is 0 Å². The summed E-state index contributed by atoms with van der Waals surface area (Å²) in [5, 5.41) is 11.6. The van der Waals surface area contributed by atoms with Crippen LogP contribution in [0.4, 0.5) is 13.2 Å². The minimum Gasteiger partial charge on any atom is -0.393 e. The van der Waals surface area contributed by atoms with Crippen molar-refractivity contribution in [2.24, 2.45) is 47.3 Å². The number of aliphatic hydroxyl groups excluding tert-OH is 1. The van der Waals surface area contributed by atoms with Crippen molar-refractivity contribution < 1.29 is 27.9 Å². The number of piperidine rings is 1.